The molecule has 0 bridgehead atoms. The highest BCUT2D eigenvalue weighted by molar-refractivity contribution is 7.91. The van der Waals surface area contributed by atoms with Crippen molar-refractivity contribution in [1.82, 2.24) is 14.7 Å². The lowest BCUT2D eigenvalue weighted by Crippen LogP contribution is -2.40. The van der Waals surface area contributed by atoms with E-state index >= 15 is 0 Å². The summed E-state index contributed by atoms with van der Waals surface area (Å²) in [6.07, 6.45) is 0.498. The van der Waals surface area contributed by atoms with E-state index in [9.17, 15) is 13.2 Å². The molecule has 0 spiro atoms. The number of methoxy groups -OCH3 is 1. The smallest absolute Gasteiger partial charge is 0.274 e. The summed E-state index contributed by atoms with van der Waals surface area (Å²) in [4.78, 5) is 14.6. The van der Waals surface area contributed by atoms with Crippen molar-refractivity contribution in [3.63, 3.8) is 0 Å². The second kappa shape index (κ2) is 7.56. The fourth-order valence-corrected chi connectivity index (χ4v) is 5.34. The maximum absolute atomic E-state index is 12.9. The first-order valence-corrected chi connectivity index (χ1v) is 11.1. The van der Waals surface area contributed by atoms with Crippen molar-refractivity contribution in [3.8, 4) is 17.0 Å². The fraction of sp³-hybridized carbons (Fsp3) is 0.474. The Bertz CT molecular complexity index is 962. The maximum atomic E-state index is 12.9. The molecular formula is C19H23N3O5S. The molecule has 0 saturated carbocycles. The first-order chi connectivity index (χ1) is 13.5. The van der Waals surface area contributed by atoms with E-state index in [4.69, 9.17) is 9.47 Å². The fourth-order valence-electron chi connectivity index (χ4n) is 3.65. The second-order valence-corrected chi connectivity index (χ2v) is 9.28. The van der Waals surface area contributed by atoms with Gasteiger partial charge in [0, 0.05) is 18.7 Å². The molecule has 0 radical (unpaired) electrons. The van der Waals surface area contributed by atoms with Crippen LogP contribution in [0.2, 0.25) is 0 Å². The van der Waals surface area contributed by atoms with Gasteiger partial charge in [0.25, 0.3) is 5.91 Å². The predicted molar refractivity (Wildman–Crippen MR) is 103 cm³/mol. The Morgan fingerprint density at radius 3 is 2.54 bits per heavy atom. The summed E-state index contributed by atoms with van der Waals surface area (Å²) in [5, 5.41) is 4.54. The molecule has 1 unspecified atom stereocenters. The first-order valence-electron chi connectivity index (χ1n) is 9.28. The Morgan fingerprint density at radius 2 is 1.93 bits per heavy atom. The summed E-state index contributed by atoms with van der Waals surface area (Å²) >= 11 is 0. The van der Waals surface area contributed by atoms with Crippen LogP contribution in [0.3, 0.4) is 0 Å². The molecule has 1 aromatic carbocycles. The molecule has 2 fully saturated rings. The molecule has 1 atom stereocenters. The van der Waals surface area contributed by atoms with Gasteiger partial charge in [0.1, 0.15) is 5.75 Å². The molecule has 3 heterocycles. The largest absolute Gasteiger partial charge is 0.497 e. The average Bonchev–Trinajstić information content (AvgIpc) is 3.31. The number of hydrogen-bond donors (Lipinski definition) is 0. The van der Waals surface area contributed by atoms with Gasteiger partial charge in [-0.1, -0.05) is 0 Å². The lowest BCUT2D eigenvalue weighted by atomic mass is 10.1. The maximum Gasteiger partial charge on any atom is 0.274 e. The number of hydrogen-bond acceptors (Lipinski definition) is 6. The van der Waals surface area contributed by atoms with Crippen molar-refractivity contribution in [2.75, 3.05) is 44.9 Å². The number of carbonyl (C=O) groups excluding carboxylic acids is 1. The monoisotopic (exact) mass is 405 g/mol. The van der Waals surface area contributed by atoms with Gasteiger partial charge in [0.05, 0.1) is 43.6 Å². The van der Waals surface area contributed by atoms with E-state index in [1.807, 2.05) is 24.3 Å². The number of amides is 1. The molecular weight excluding hydrogens is 382 g/mol. The van der Waals surface area contributed by atoms with E-state index in [0.717, 1.165) is 17.0 Å². The number of sulfone groups is 1. The van der Waals surface area contributed by atoms with Gasteiger partial charge in [0.15, 0.2) is 15.5 Å². The molecule has 2 aromatic rings. The number of nitrogens with zero attached hydrogens (tertiary/aromatic N) is 3. The van der Waals surface area contributed by atoms with Gasteiger partial charge in [0.2, 0.25) is 0 Å². The molecule has 2 aliphatic heterocycles. The Balaban J connectivity index is 1.71. The Hall–Kier alpha value is -2.39. The topological polar surface area (TPSA) is 90.7 Å². The standard InChI is InChI=1S/C19H23N3O5S/c1-26-16-4-2-14(3-5-16)18-12-17(19(23)21-7-9-27-10-8-21)20-22(18)15-6-11-28(24,25)13-15/h2-5,12,15H,6-11,13H2,1H3. The third-order valence-corrected chi connectivity index (χ3v) is 6.94. The van der Waals surface area contributed by atoms with Crippen LogP contribution in [0.5, 0.6) is 5.75 Å². The summed E-state index contributed by atoms with van der Waals surface area (Å²) in [7, 11) is -1.48. The van der Waals surface area contributed by atoms with Crippen molar-refractivity contribution in [3.05, 3.63) is 36.0 Å². The number of morpholine rings is 1. The summed E-state index contributed by atoms with van der Waals surface area (Å²) in [5.41, 5.74) is 1.93. The van der Waals surface area contributed by atoms with E-state index in [0.29, 0.717) is 38.4 Å². The summed E-state index contributed by atoms with van der Waals surface area (Å²) in [6.45, 7) is 2.08. The van der Waals surface area contributed by atoms with Crippen molar-refractivity contribution in [2.24, 2.45) is 0 Å². The third-order valence-electron chi connectivity index (χ3n) is 5.19. The first kappa shape index (κ1) is 18.9. The highest BCUT2D eigenvalue weighted by atomic mass is 32.2. The molecule has 0 aliphatic carbocycles. The van der Waals surface area contributed by atoms with Crippen molar-refractivity contribution < 1.29 is 22.7 Å². The van der Waals surface area contributed by atoms with Crippen molar-refractivity contribution >= 4 is 15.7 Å². The predicted octanol–water partition coefficient (Wildman–Crippen LogP) is 1.39. The van der Waals surface area contributed by atoms with Gasteiger partial charge in [-0.3, -0.25) is 9.48 Å². The zero-order chi connectivity index (χ0) is 19.7. The lowest BCUT2D eigenvalue weighted by molar-refractivity contribution is 0.0298. The van der Waals surface area contributed by atoms with Gasteiger partial charge >= 0.3 is 0 Å². The van der Waals surface area contributed by atoms with Crippen LogP contribution >= 0.6 is 0 Å². The molecule has 28 heavy (non-hydrogen) atoms. The van der Waals surface area contributed by atoms with Crippen LogP contribution in [0, 0.1) is 0 Å². The Kier molecular flexibility index (Phi) is 5.11. The van der Waals surface area contributed by atoms with Crippen LogP contribution in [-0.2, 0) is 14.6 Å². The molecule has 4 rings (SSSR count). The quantitative estimate of drug-likeness (QED) is 0.764. The minimum Gasteiger partial charge on any atom is -0.497 e. The summed E-state index contributed by atoms with van der Waals surface area (Å²) in [5.74, 6) is 0.760. The summed E-state index contributed by atoms with van der Waals surface area (Å²) < 4.78 is 36.2. The Labute approximate surface area is 164 Å². The van der Waals surface area contributed by atoms with Crippen LogP contribution in [0.1, 0.15) is 23.0 Å². The average molecular weight is 405 g/mol. The number of carbonyl (C=O) groups is 1. The van der Waals surface area contributed by atoms with Crippen LogP contribution in [0.15, 0.2) is 30.3 Å². The van der Waals surface area contributed by atoms with Gasteiger partial charge < -0.3 is 14.4 Å². The highest BCUT2D eigenvalue weighted by Gasteiger charge is 2.33. The van der Waals surface area contributed by atoms with Crippen molar-refractivity contribution in [1.29, 1.82) is 0 Å². The zero-order valence-corrected chi connectivity index (χ0v) is 16.5. The third kappa shape index (κ3) is 3.77. The molecule has 8 nitrogen and oxygen atoms in total. The highest BCUT2D eigenvalue weighted by Crippen LogP contribution is 2.31. The number of ether oxygens (including phenoxy) is 2. The van der Waals surface area contributed by atoms with E-state index in [1.165, 1.54) is 0 Å². The minimum absolute atomic E-state index is 0.0447. The van der Waals surface area contributed by atoms with Crippen LogP contribution < -0.4 is 4.74 Å². The van der Waals surface area contributed by atoms with Gasteiger partial charge in [-0.2, -0.15) is 5.10 Å². The second-order valence-electron chi connectivity index (χ2n) is 7.05. The summed E-state index contributed by atoms with van der Waals surface area (Å²) in [6, 6.07) is 8.93. The molecule has 2 saturated heterocycles. The van der Waals surface area contributed by atoms with E-state index in [2.05, 4.69) is 5.10 Å². The normalized spacial score (nSPS) is 21.6. The minimum atomic E-state index is -3.08. The molecule has 1 amide bonds. The SMILES string of the molecule is COc1ccc(-c2cc(C(=O)N3CCOCC3)nn2C2CCS(=O)(=O)C2)cc1. The molecule has 9 heteroatoms. The van der Waals surface area contributed by atoms with Crippen LogP contribution in [-0.4, -0.2) is 73.9 Å². The van der Waals surface area contributed by atoms with Gasteiger partial charge in [-0.05, 0) is 36.8 Å². The van der Waals surface area contributed by atoms with E-state index in [-0.39, 0.29) is 23.5 Å². The van der Waals surface area contributed by atoms with Gasteiger partial charge in [-0.15, -0.1) is 0 Å². The zero-order valence-electron chi connectivity index (χ0n) is 15.7. The number of aromatic nitrogens is 2. The lowest BCUT2D eigenvalue weighted by Gasteiger charge is -2.25. The molecule has 150 valence electrons. The molecule has 1 aromatic heterocycles. The molecule has 0 N–H and O–H groups in total. The number of rotatable bonds is 4. The van der Waals surface area contributed by atoms with E-state index in [1.54, 1.807) is 22.8 Å². The van der Waals surface area contributed by atoms with Crippen LogP contribution in [0.25, 0.3) is 11.3 Å². The Morgan fingerprint density at radius 1 is 1.21 bits per heavy atom. The van der Waals surface area contributed by atoms with Gasteiger partial charge in [-0.25, -0.2) is 8.42 Å². The molecule has 2 aliphatic rings. The van der Waals surface area contributed by atoms with Crippen LogP contribution in [0.4, 0.5) is 0 Å². The van der Waals surface area contributed by atoms with Crippen molar-refractivity contribution in [2.45, 2.75) is 12.5 Å². The van der Waals surface area contributed by atoms with E-state index < -0.39 is 9.84 Å². The number of benzene rings is 1.